The lowest BCUT2D eigenvalue weighted by Gasteiger charge is -2.10. The Hall–Kier alpha value is -2.58. The topological polar surface area (TPSA) is 52.9 Å². The van der Waals surface area contributed by atoms with Crippen LogP contribution < -0.4 is 5.32 Å². The Balaban J connectivity index is 1.92. The number of nitriles is 1. The number of aryl methyl sites for hydroxylation is 1. The number of amides is 1. The zero-order valence-corrected chi connectivity index (χ0v) is 19.1. The lowest BCUT2D eigenvalue weighted by Crippen LogP contribution is -2.13. The molecule has 0 spiro atoms. The number of hydrogen-bond acceptors (Lipinski definition) is 2. The fourth-order valence-corrected chi connectivity index (χ4v) is 3.64. The van der Waals surface area contributed by atoms with Gasteiger partial charge in [0.05, 0.1) is 0 Å². The molecular formula is C24H17BrCl2N2O. The SMILES string of the molecule is Cc1ccc(NC(=O)/C(C#N)=C/c2cc(Br)ccc2Cc2ccccc2Cl)cc1Cl. The Labute approximate surface area is 194 Å². The minimum absolute atomic E-state index is 0.00907. The summed E-state index contributed by atoms with van der Waals surface area (Å²) < 4.78 is 0.847. The van der Waals surface area contributed by atoms with Crippen LogP contribution in [0.3, 0.4) is 0 Å². The highest BCUT2D eigenvalue weighted by atomic mass is 79.9. The van der Waals surface area contributed by atoms with Gasteiger partial charge in [-0.15, -0.1) is 0 Å². The van der Waals surface area contributed by atoms with Crippen molar-refractivity contribution >= 4 is 56.8 Å². The summed E-state index contributed by atoms with van der Waals surface area (Å²) >= 11 is 15.9. The van der Waals surface area contributed by atoms with Crippen LogP contribution in [-0.2, 0) is 11.2 Å². The summed E-state index contributed by atoms with van der Waals surface area (Å²) in [5.41, 5.74) is 4.10. The minimum Gasteiger partial charge on any atom is -0.321 e. The third-order valence-electron chi connectivity index (χ3n) is 4.54. The summed E-state index contributed by atoms with van der Waals surface area (Å²) in [6.07, 6.45) is 2.16. The molecule has 1 N–H and O–H groups in total. The van der Waals surface area contributed by atoms with E-state index in [0.29, 0.717) is 22.2 Å². The predicted octanol–water partition coefficient (Wildman–Crippen LogP) is 7.20. The molecule has 150 valence electrons. The van der Waals surface area contributed by atoms with Crippen LogP contribution in [0.25, 0.3) is 6.08 Å². The van der Waals surface area contributed by atoms with E-state index in [1.54, 1.807) is 18.2 Å². The summed E-state index contributed by atoms with van der Waals surface area (Å²) in [6, 6.07) is 20.6. The lowest BCUT2D eigenvalue weighted by molar-refractivity contribution is -0.112. The molecule has 0 aliphatic carbocycles. The van der Waals surface area contributed by atoms with Gasteiger partial charge in [0.2, 0.25) is 0 Å². The van der Waals surface area contributed by atoms with Gasteiger partial charge in [0.1, 0.15) is 11.6 Å². The highest BCUT2D eigenvalue weighted by Gasteiger charge is 2.13. The molecule has 30 heavy (non-hydrogen) atoms. The van der Waals surface area contributed by atoms with Crippen LogP contribution in [0.5, 0.6) is 0 Å². The summed E-state index contributed by atoms with van der Waals surface area (Å²) in [5, 5.41) is 13.5. The quantitative estimate of drug-likeness (QED) is 0.298. The van der Waals surface area contributed by atoms with E-state index in [9.17, 15) is 10.1 Å². The largest absolute Gasteiger partial charge is 0.321 e. The number of anilines is 1. The maximum atomic E-state index is 12.7. The zero-order chi connectivity index (χ0) is 21.7. The molecule has 0 radical (unpaired) electrons. The van der Waals surface area contributed by atoms with Crippen LogP contribution in [0.4, 0.5) is 5.69 Å². The van der Waals surface area contributed by atoms with Gasteiger partial charge < -0.3 is 5.32 Å². The van der Waals surface area contributed by atoms with Crippen LogP contribution >= 0.6 is 39.1 Å². The molecule has 1 amide bonds. The molecule has 3 rings (SSSR count). The van der Waals surface area contributed by atoms with Crippen LogP contribution in [0.15, 0.2) is 70.7 Å². The zero-order valence-electron chi connectivity index (χ0n) is 16.0. The molecule has 0 aliphatic rings. The highest BCUT2D eigenvalue weighted by Crippen LogP contribution is 2.26. The molecule has 0 heterocycles. The van der Waals surface area contributed by atoms with Gasteiger partial charge in [-0.1, -0.05) is 69.5 Å². The number of rotatable bonds is 5. The van der Waals surface area contributed by atoms with Gasteiger partial charge in [-0.25, -0.2) is 0 Å². The molecule has 6 heteroatoms. The number of nitrogens with zero attached hydrogens (tertiary/aromatic N) is 1. The molecule has 0 unspecified atom stereocenters. The molecule has 3 aromatic rings. The minimum atomic E-state index is -0.499. The first-order valence-electron chi connectivity index (χ1n) is 9.08. The Kier molecular flexibility index (Phi) is 7.33. The van der Waals surface area contributed by atoms with Crippen LogP contribution in [-0.4, -0.2) is 5.91 Å². The van der Waals surface area contributed by atoms with Crippen LogP contribution in [0.1, 0.15) is 22.3 Å². The highest BCUT2D eigenvalue weighted by molar-refractivity contribution is 9.10. The van der Waals surface area contributed by atoms with Crippen molar-refractivity contribution in [2.24, 2.45) is 0 Å². The second-order valence-electron chi connectivity index (χ2n) is 6.70. The number of carbonyl (C=O) groups excluding carboxylic acids is 1. The number of hydrogen-bond donors (Lipinski definition) is 1. The smallest absolute Gasteiger partial charge is 0.266 e. The van der Waals surface area contributed by atoms with Crippen molar-refractivity contribution in [3.63, 3.8) is 0 Å². The molecular weight excluding hydrogens is 483 g/mol. The molecule has 0 aliphatic heterocycles. The van der Waals surface area contributed by atoms with E-state index < -0.39 is 5.91 Å². The van der Waals surface area contributed by atoms with E-state index >= 15 is 0 Å². The Morgan fingerprint density at radius 2 is 1.83 bits per heavy atom. The molecule has 0 bridgehead atoms. The average molecular weight is 500 g/mol. The normalized spacial score (nSPS) is 11.1. The van der Waals surface area contributed by atoms with Crippen molar-refractivity contribution in [1.82, 2.24) is 0 Å². The molecule has 0 saturated heterocycles. The standard InChI is InChI=1S/C24H17BrCl2N2O/c1-15-6-9-21(13-23(15)27)29-24(30)19(14-28)11-18-12-20(25)8-7-16(18)10-17-4-2-3-5-22(17)26/h2-9,11-13H,10H2,1H3,(H,29,30)/b19-11+. The van der Waals surface area contributed by atoms with E-state index in [2.05, 4.69) is 21.2 Å². The van der Waals surface area contributed by atoms with Gasteiger partial charge in [0.25, 0.3) is 5.91 Å². The van der Waals surface area contributed by atoms with E-state index in [1.807, 2.05) is 61.5 Å². The van der Waals surface area contributed by atoms with Crippen LogP contribution in [0, 0.1) is 18.3 Å². The van der Waals surface area contributed by atoms with E-state index in [-0.39, 0.29) is 5.57 Å². The Bertz CT molecular complexity index is 1180. The third-order valence-corrected chi connectivity index (χ3v) is 5.81. The number of benzene rings is 3. The van der Waals surface area contributed by atoms with Gasteiger partial charge in [0.15, 0.2) is 0 Å². The third kappa shape index (κ3) is 5.52. The second-order valence-corrected chi connectivity index (χ2v) is 8.43. The van der Waals surface area contributed by atoms with E-state index in [1.165, 1.54) is 0 Å². The number of nitrogens with one attached hydrogen (secondary N) is 1. The van der Waals surface area contributed by atoms with Gasteiger partial charge in [-0.05, 0) is 72.0 Å². The second kappa shape index (κ2) is 9.95. The number of carbonyl (C=O) groups is 1. The van der Waals surface area contributed by atoms with Gasteiger partial charge in [0, 0.05) is 20.2 Å². The monoisotopic (exact) mass is 498 g/mol. The molecule has 0 atom stereocenters. The first-order valence-corrected chi connectivity index (χ1v) is 10.6. The van der Waals surface area contributed by atoms with Gasteiger partial charge in [-0.2, -0.15) is 5.26 Å². The molecule has 3 aromatic carbocycles. The Morgan fingerprint density at radius 3 is 2.53 bits per heavy atom. The van der Waals surface area contributed by atoms with Crippen molar-refractivity contribution in [1.29, 1.82) is 5.26 Å². The van der Waals surface area contributed by atoms with Crippen molar-refractivity contribution in [2.45, 2.75) is 13.3 Å². The first kappa shape index (κ1) is 22.1. The first-order chi connectivity index (χ1) is 14.4. The molecule has 0 fully saturated rings. The maximum absolute atomic E-state index is 12.7. The summed E-state index contributed by atoms with van der Waals surface area (Å²) in [5.74, 6) is -0.499. The van der Waals surface area contributed by atoms with Gasteiger partial charge in [-0.3, -0.25) is 4.79 Å². The fourth-order valence-electron chi connectivity index (χ4n) is 2.88. The maximum Gasteiger partial charge on any atom is 0.266 e. The average Bonchev–Trinajstić information content (AvgIpc) is 2.72. The van der Waals surface area contributed by atoms with E-state index in [0.717, 1.165) is 26.7 Å². The van der Waals surface area contributed by atoms with Crippen molar-refractivity contribution < 1.29 is 4.79 Å². The lowest BCUT2D eigenvalue weighted by atomic mass is 9.98. The van der Waals surface area contributed by atoms with Crippen molar-refractivity contribution in [3.05, 3.63) is 103 Å². The fraction of sp³-hybridized carbons (Fsp3) is 0.0833. The predicted molar refractivity (Wildman–Crippen MR) is 127 cm³/mol. The Morgan fingerprint density at radius 1 is 1.07 bits per heavy atom. The summed E-state index contributed by atoms with van der Waals surface area (Å²) in [6.45, 7) is 1.88. The van der Waals surface area contributed by atoms with E-state index in [4.69, 9.17) is 23.2 Å². The number of halogens is 3. The molecule has 0 aromatic heterocycles. The van der Waals surface area contributed by atoms with Crippen molar-refractivity contribution in [3.8, 4) is 6.07 Å². The van der Waals surface area contributed by atoms with Gasteiger partial charge >= 0.3 is 0 Å². The van der Waals surface area contributed by atoms with Crippen LogP contribution in [0.2, 0.25) is 10.0 Å². The summed E-state index contributed by atoms with van der Waals surface area (Å²) in [4.78, 5) is 12.7. The molecule has 0 saturated carbocycles. The van der Waals surface area contributed by atoms with Crippen molar-refractivity contribution in [2.75, 3.05) is 5.32 Å². The summed E-state index contributed by atoms with van der Waals surface area (Å²) in [7, 11) is 0. The molecule has 3 nitrogen and oxygen atoms in total.